The first-order valence-corrected chi connectivity index (χ1v) is 5.15. The number of carbonyl (C=O) groups excluding carboxylic acids is 1. The average Bonchev–Trinajstić information content (AvgIpc) is 2.62. The van der Waals surface area contributed by atoms with Gasteiger partial charge in [0, 0.05) is 18.4 Å². The number of aliphatic hydroxyl groups excluding tert-OH is 1. The summed E-state index contributed by atoms with van der Waals surface area (Å²) in [6.45, 7) is 5.03. The van der Waals surface area contributed by atoms with E-state index in [9.17, 15) is 4.79 Å². The van der Waals surface area contributed by atoms with Crippen LogP contribution in [0.4, 0.5) is 0 Å². The minimum Gasteiger partial charge on any atom is -0.390 e. The summed E-state index contributed by atoms with van der Waals surface area (Å²) >= 11 is 0. The van der Waals surface area contributed by atoms with E-state index in [1.807, 2.05) is 6.07 Å². The smallest absolute Gasteiger partial charge is 0.239 e. The normalized spacial score (nSPS) is 10.7. The Kier molecular flexibility index (Phi) is 4.37. The highest BCUT2D eigenvalue weighted by Crippen LogP contribution is 2.01. The van der Waals surface area contributed by atoms with E-state index in [0.29, 0.717) is 12.5 Å². The van der Waals surface area contributed by atoms with Gasteiger partial charge in [0.15, 0.2) is 0 Å². The van der Waals surface area contributed by atoms with Crippen molar-refractivity contribution < 1.29 is 9.90 Å². The number of hydrogen-bond acceptors (Lipinski definition) is 2. The Morgan fingerprint density at radius 3 is 2.93 bits per heavy atom. The van der Waals surface area contributed by atoms with Gasteiger partial charge in [0.25, 0.3) is 0 Å². The topological polar surface area (TPSA) is 54.3 Å². The number of aliphatic hydroxyl groups is 1. The summed E-state index contributed by atoms with van der Waals surface area (Å²) in [6, 6.07) is 3.62. The number of nitrogens with one attached hydrogen (secondary N) is 1. The lowest BCUT2D eigenvalue weighted by Crippen LogP contribution is -2.30. The molecular formula is C11H18N2O2. The second-order valence-electron chi connectivity index (χ2n) is 3.98. The lowest BCUT2D eigenvalue weighted by atomic mass is 10.2. The minimum atomic E-state index is -0.0372. The SMILES string of the molecule is CC(C)CNC(=O)Cn1cccc1CO. The predicted molar refractivity (Wildman–Crippen MR) is 58.2 cm³/mol. The summed E-state index contributed by atoms with van der Waals surface area (Å²) in [6.07, 6.45) is 1.79. The lowest BCUT2D eigenvalue weighted by Gasteiger charge is -2.09. The standard InChI is InChI=1S/C11H18N2O2/c1-9(2)6-12-11(15)7-13-5-3-4-10(13)8-14/h3-5,9,14H,6-8H2,1-2H3,(H,12,15). The Morgan fingerprint density at radius 1 is 1.60 bits per heavy atom. The van der Waals surface area contributed by atoms with Gasteiger partial charge in [-0.15, -0.1) is 0 Å². The van der Waals surface area contributed by atoms with Crippen molar-refractivity contribution >= 4 is 5.91 Å². The number of rotatable bonds is 5. The van der Waals surface area contributed by atoms with Crippen molar-refractivity contribution in [3.63, 3.8) is 0 Å². The van der Waals surface area contributed by atoms with Gasteiger partial charge < -0.3 is 15.0 Å². The molecule has 0 aromatic carbocycles. The van der Waals surface area contributed by atoms with E-state index in [1.54, 1.807) is 16.8 Å². The first-order chi connectivity index (χ1) is 7.13. The third-order valence-electron chi connectivity index (χ3n) is 2.11. The second kappa shape index (κ2) is 5.56. The maximum atomic E-state index is 11.5. The molecule has 4 heteroatoms. The van der Waals surface area contributed by atoms with Crippen LogP contribution in [0.2, 0.25) is 0 Å². The maximum Gasteiger partial charge on any atom is 0.239 e. The van der Waals surface area contributed by atoms with E-state index in [4.69, 9.17) is 5.11 Å². The summed E-state index contributed by atoms with van der Waals surface area (Å²) in [5.74, 6) is 0.436. The van der Waals surface area contributed by atoms with E-state index in [1.165, 1.54) is 0 Å². The van der Waals surface area contributed by atoms with E-state index < -0.39 is 0 Å². The highest BCUT2D eigenvalue weighted by Gasteiger charge is 2.05. The Balaban J connectivity index is 2.44. The van der Waals surface area contributed by atoms with Gasteiger partial charge in [-0.05, 0) is 18.1 Å². The van der Waals surface area contributed by atoms with Crippen molar-refractivity contribution in [1.82, 2.24) is 9.88 Å². The molecule has 1 amide bonds. The summed E-state index contributed by atoms with van der Waals surface area (Å²) in [5.41, 5.74) is 0.759. The molecule has 0 fully saturated rings. The van der Waals surface area contributed by atoms with E-state index in [-0.39, 0.29) is 19.1 Å². The van der Waals surface area contributed by atoms with Crippen LogP contribution in [0.15, 0.2) is 18.3 Å². The van der Waals surface area contributed by atoms with Crippen LogP contribution < -0.4 is 5.32 Å². The van der Waals surface area contributed by atoms with Crippen LogP contribution in [0, 0.1) is 5.92 Å². The van der Waals surface area contributed by atoms with Gasteiger partial charge in [0.1, 0.15) is 6.54 Å². The molecule has 84 valence electrons. The molecule has 0 unspecified atom stereocenters. The van der Waals surface area contributed by atoms with Crippen LogP contribution in [0.3, 0.4) is 0 Å². The first-order valence-electron chi connectivity index (χ1n) is 5.15. The largest absolute Gasteiger partial charge is 0.390 e. The zero-order chi connectivity index (χ0) is 11.3. The molecule has 0 aliphatic carbocycles. The summed E-state index contributed by atoms with van der Waals surface area (Å²) in [5, 5.41) is 11.8. The van der Waals surface area contributed by atoms with Gasteiger partial charge in [-0.3, -0.25) is 4.79 Å². The Labute approximate surface area is 89.9 Å². The molecule has 4 nitrogen and oxygen atoms in total. The van der Waals surface area contributed by atoms with E-state index >= 15 is 0 Å². The molecule has 0 saturated heterocycles. The quantitative estimate of drug-likeness (QED) is 0.753. The molecule has 0 spiro atoms. The third-order valence-corrected chi connectivity index (χ3v) is 2.11. The summed E-state index contributed by atoms with van der Waals surface area (Å²) in [4.78, 5) is 11.5. The van der Waals surface area contributed by atoms with Crippen LogP contribution in [0.1, 0.15) is 19.5 Å². The van der Waals surface area contributed by atoms with Crippen molar-refractivity contribution in [2.24, 2.45) is 5.92 Å². The van der Waals surface area contributed by atoms with Gasteiger partial charge in [-0.25, -0.2) is 0 Å². The molecule has 0 aliphatic heterocycles. The van der Waals surface area contributed by atoms with Crippen molar-refractivity contribution in [2.45, 2.75) is 27.0 Å². The van der Waals surface area contributed by atoms with Crippen molar-refractivity contribution in [1.29, 1.82) is 0 Å². The fourth-order valence-electron chi connectivity index (χ4n) is 1.28. The molecule has 2 N–H and O–H groups in total. The molecule has 0 saturated carbocycles. The summed E-state index contributed by atoms with van der Waals surface area (Å²) in [7, 11) is 0. The maximum absolute atomic E-state index is 11.5. The van der Waals surface area contributed by atoms with Crippen molar-refractivity contribution in [3.05, 3.63) is 24.0 Å². The highest BCUT2D eigenvalue weighted by molar-refractivity contribution is 5.75. The zero-order valence-corrected chi connectivity index (χ0v) is 9.23. The molecule has 1 aromatic heterocycles. The van der Waals surface area contributed by atoms with Gasteiger partial charge >= 0.3 is 0 Å². The molecule has 1 rings (SSSR count). The molecule has 1 aromatic rings. The molecule has 0 aliphatic rings. The number of amides is 1. The van der Waals surface area contributed by atoms with Gasteiger partial charge in [-0.2, -0.15) is 0 Å². The number of aromatic nitrogens is 1. The molecule has 1 heterocycles. The molecule has 0 bridgehead atoms. The molecule has 15 heavy (non-hydrogen) atoms. The zero-order valence-electron chi connectivity index (χ0n) is 9.23. The monoisotopic (exact) mass is 210 g/mol. The third kappa shape index (κ3) is 3.75. The predicted octanol–water partition coefficient (Wildman–Crippen LogP) is 0.753. The Hall–Kier alpha value is -1.29. The molecular weight excluding hydrogens is 192 g/mol. The van der Waals surface area contributed by atoms with Crippen LogP contribution in [0.5, 0.6) is 0 Å². The van der Waals surface area contributed by atoms with Crippen LogP contribution in [0.25, 0.3) is 0 Å². The first kappa shape index (κ1) is 11.8. The fraction of sp³-hybridized carbons (Fsp3) is 0.545. The fourth-order valence-corrected chi connectivity index (χ4v) is 1.28. The van der Waals surface area contributed by atoms with Crippen LogP contribution >= 0.6 is 0 Å². The lowest BCUT2D eigenvalue weighted by molar-refractivity contribution is -0.121. The van der Waals surface area contributed by atoms with Crippen molar-refractivity contribution in [2.75, 3.05) is 6.54 Å². The average molecular weight is 210 g/mol. The Bertz CT molecular complexity index is 318. The van der Waals surface area contributed by atoms with Crippen LogP contribution in [-0.4, -0.2) is 22.1 Å². The highest BCUT2D eigenvalue weighted by atomic mass is 16.3. The molecule has 0 radical (unpaired) electrons. The van der Waals surface area contributed by atoms with Crippen LogP contribution in [-0.2, 0) is 17.9 Å². The second-order valence-corrected chi connectivity index (χ2v) is 3.98. The number of nitrogens with zero attached hydrogens (tertiary/aromatic N) is 1. The van der Waals surface area contributed by atoms with E-state index in [0.717, 1.165) is 5.69 Å². The number of hydrogen-bond donors (Lipinski definition) is 2. The minimum absolute atomic E-state index is 0.0189. The Morgan fingerprint density at radius 2 is 2.33 bits per heavy atom. The summed E-state index contributed by atoms with van der Waals surface area (Å²) < 4.78 is 1.75. The number of carbonyl (C=O) groups is 1. The van der Waals surface area contributed by atoms with Gasteiger partial charge in [0.2, 0.25) is 5.91 Å². The molecule has 0 atom stereocenters. The van der Waals surface area contributed by atoms with Gasteiger partial charge in [0.05, 0.1) is 6.61 Å². The van der Waals surface area contributed by atoms with E-state index in [2.05, 4.69) is 19.2 Å². The van der Waals surface area contributed by atoms with Gasteiger partial charge in [-0.1, -0.05) is 13.8 Å². The van der Waals surface area contributed by atoms with Crippen molar-refractivity contribution in [3.8, 4) is 0 Å².